The number of aliphatic hydroxyl groups excluding tert-OH is 1. The van der Waals surface area contributed by atoms with Crippen LogP contribution in [-0.4, -0.2) is 39.8 Å². The molecule has 1 atom stereocenters. The maximum atomic E-state index is 8.96. The van der Waals surface area contributed by atoms with Crippen LogP contribution in [0.15, 0.2) is 30.7 Å². The summed E-state index contributed by atoms with van der Waals surface area (Å²) in [7, 11) is 1.94. The van der Waals surface area contributed by atoms with Gasteiger partial charge in [0.05, 0.1) is 24.5 Å². The maximum absolute atomic E-state index is 8.96. The molecule has 0 saturated heterocycles. The standard InChI is InChI=1S/C15H21N5O/c1-19(9-10-21)12-4-5-14(17-11-12)18-13-3-2-7-20-8-6-16-15(13)20/h4-6,8,11,13,21H,2-3,7,9-10H2,1H3,(H,17,18). The van der Waals surface area contributed by atoms with Crippen molar-refractivity contribution in [2.45, 2.75) is 25.4 Å². The fourth-order valence-corrected chi connectivity index (χ4v) is 2.71. The zero-order valence-electron chi connectivity index (χ0n) is 12.2. The average Bonchev–Trinajstić information content (AvgIpc) is 2.98. The molecule has 0 amide bonds. The third-order valence-corrected chi connectivity index (χ3v) is 3.90. The number of rotatable bonds is 5. The second-order valence-corrected chi connectivity index (χ2v) is 5.36. The van der Waals surface area contributed by atoms with Gasteiger partial charge in [-0.3, -0.25) is 0 Å². The molecule has 21 heavy (non-hydrogen) atoms. The summed E-state index contributed by atoms with van der Waals surface area (Å²) in [5.74, 6) is 1.95. The molecular weight excluding hydrogens is 266 g/mol. The molecule has 0 aromatic carbocycles. The van der Waals surface area contributed by atoms with Gasteiger partial charge in [0.1, 0.15) is 11.6 Å². The summed E-state index contributed by atoms with van der Waals surface area (Å²) in [5, 5.41) is 12.4. The van der Waals surface area contributed by atoms with Crippen LogP contribution in [0.25, 0.3) is 0 Å². The van der Waals surface area contributed by atoms with Crippen molar-refractivity contribution in [1.82, 2.24) is 14.5 Å². The molecule has 0 spiro atoms. The zero-order valence-corrected chi connectivity index (χ0v) is 12.2. The smallest absolute Gasteiger partial charge is 0.131 e. The Morgan fingerprint density at radius 3 is 3.10 bits per heavy atom. The Morgan fingerprint density at radius 1 is 1.43 bits per heavy atom. The van der Waals surface area contributed by atoms with Gasteiger partial charge in [-0.25, -0.2) is 9.97 Å². The molecule has 1 unspecified atom stereocenters. The minimum atomic E-state index is 0.140. The van der Waals surface area contributed by atoms with Crippen molar-refractivity contribution in [2.75, 3.05) is 30.4 Å². The van der Waals surface area contributed by atoms with Crippen molar-refractivity contribution in [3.8, 4) is 0 Å². The van der Waals surface area contributed by atoms with Crippen LogP contribution in [-0.2, 0) is 6.54 Å². The van der Waals surface area contributed by atoms with E-state index in [0.717, 1.165) is 36.7 Å². The molecule has 3 rings (SSSR count). The Balaban J connectivity index is 1.69. The molecule has 6 nitrogen and oxygen atoms in total. The third-order valence-electron chi connectivity index (χ3n) is 3.90. The number of anilines is 2. The molecule has 0 fully saturated rings. The van der Waals surface area contributed by atoms with Crippen LogP contribution in [0.1, 0.15) is 24.7 Å². The molecule has 0 saturated carbocycles. The van der Waals surface area contributed by atoms with E-state index in [0.29, 0.717) is 6.54 Å². The first-order valence-electron chi connectivity index (χ1n) is 7.33. The third kappa shape index (κ3) is 3.00. The Bertz CT molecular complexity index is 580. The number of fused-ring (bicyclic) bond motifs is 1. The van der Waals surface area contributed by atoms with Crippen LogP contribution in [0, 0.1) is 0 Å². The molecule has 0 radical (unpaired) electrons. The average molecular weight is 287 g/mol. The van der Waals surface area contributed by atoms with Gasteiger partial charge in [-0.05, 0) is 25.0 Å². The van der Waals surface area contributed by atoms with Gasteiger partial charge in [-0.2, -0.15) is 0 Å². The lowest BCUT2D eigenvalue weighted by Gasteiger charge is -2.25. The number of nitrogens with zero attached hydrogens (tertiary/aromatic N) is 4. The maximum Gasteiger partial charge on any atom is 0.131 e. The first kappa shape index (κ1) is 13.9. The Hall–Kier alpha value is -2.08. The SMILES string of the molecule is CN(CCO)c1ccc(NC2CCCn3ccnc32)nc1. The summed E-state index contributed by atoms with van der Waals surface area (Å²) in [6.45, 7) is 1.79. The van der Waals surface area contributed by atoms with Crippen molar-refractivity contribution < 1.29 is 5.11 Å². The molecule has 6 heteroatoms. The van der Waals surface area contributed by atoms with Crippen molar-refractivity contribution in [2.24, 2.45) is 0 Å². The summed E-state index contributed by atoms with van der Waals surface area (Å²) in [6.07, 6.45) is 7.94. The minimum Gasteiger partial charge on any atom is -0.395 e. The fraction of sp³-hybridized carbons (Fsp3) is 0.467. The van der Waals surface area contributed by atoms with Crippen molar-refractivity contribution in [1.29, 1.82) is 0 Å². The van der Waals surface area contributed by atoms with Crippen LogP contribution in [0.5, 0.6) is 0 Å². The van der Waals surface area contributed by atoms with E-state index in [4.69, 9.17) is 5.11 Å². The lowest BCUT2D eigenvalue weighted by atomic mass is 10.1. The van der Waals surface area contributed by atoms with E-state index in [1.807, 2.05) is 42.7 Å². The number of aliphatic hydroxyl groups is 1. The van der Waals surface area contributed by atoms with Gasteiger partial charge in [0.25, 0.3) is 0 Å². The number of pyridine rings is 1. The van der Waals surface area contributed by atoms with E-state index in [1.165, 1.54) is 0 Å². The van der Waals surface area contributed by atoms with E-state index in [-0.39, 0.29) is 12.6 Å². The van der Waals surface area contributed by atoms with Crippen molar-refractivity contribution >= 4 is 11.5 Å². The molecule has 1 aliphatic rings. The molecule has 0 aliphatic carbocycles. The second-order valence-electron chi connectivity index (χ2n) is 5.36. The molecule has 3 heterocycles. The Labute approximate surface area is 124 Å². The molecule has 112 valence electrons. The van der Waals surface area contributed by atoms with Gasteiger partial charge in [0.2, 0.25) is 0 Å². The first-order chi connectivity index (χ1) is 10.3. The number of nitrogens with one attached hydrogen (secondary N) is 1. The number of hydrogen-bond acceptors (Lipinski definition) is 5. The number of hydrogen-bond donors (Lipinski definition) is 2. The van der Waals surface area contributed by atoms with Gasteiger partial charge in [-0.1, -0.05) is 0 Å². The predicted molar refractivity (Wildman–Crippen MR) is 82.4 cm³/mol. The summed E-state index contributed by atoms with van der Waals surface area (Å²) in [6, 6.07) is 4.22. The van der Waals surface area contributed by atoms with Gasteiger partial charge in [0.15, 0.2) is 0 Å². The van der Waals surface area contributed by atoms with Crippen LogP contribution in [0.4, 0.5) is 11.5 Å². The van der Waals surface area contributed by atoms with Crippen molar-refractivity contribution in [3.63, 3.8) is 0 Å². The minimum absolute atomic E-state index is 0.140. The molecular formula is C15H21N5O. The lowest BCUT2D eigenvalue weighted by Crippen LogP contribution is -2.23. The van der Waals surface area contributed by atoms with E-state index in [2.05, 4.69) is 19.9 Å². The van der Waals surface area contributed by atoms with Crippen LogP contribution < -0.4 is 10.2 Å². The van der Waals surface area contributed by atoms with Gasteiger partial charge < -0.3 is 19.9 Å². The van der Waals surface area contributed by atoms with E-state index in [1.54, 1.807) is 0 Å². The summed E-state index contributed by atoms with van der Waals surface area (Å²) in [4.78, 5) is 10.9. The summed E-state index contributed by atoms with van der Waals surface area (Å²) in [5.41, 5.74) is 1.000. The molecule has 2 aromatic rings. The monoisotopic (exact) mass is 287 g/mol. The predicted octanol–water partition coefficient (Wildman–Crippen LogP) is 1.65. The van der Waals surface area contributed by atoms with E-state index in [9.17, 15) is 0 Å². The zero-order chi connectivity index (χ0) is 14.7. The molecule has 2 aromatic heterocycles. The Kier molecular flexibility index (Phi) is 4.06. The highest BCUT2D eigenvalue weighted by Gasteiger charge is 2.21. The first-order valence-corrected chi connectivity index (χ1v) is 7.33. The second kappa shape index (κ2) is 6.13. The Morgan fingerprint density at radius 2 is 2.33 bits per heavy atom. The molecule has 2 N–H and O–H groups in total. The van der Waals surface area contributed by atoms with Gasteiger partial charge in [0, 0.05) is 32.5 Å². The number of aromatic nitrogens is 3. The highest BCUT2D eigenvalue weighted by molar-refractivity contribution is 5.49. The largest absolute Gasteiger partial charge is 0.395 e. The summed E-state index contributed by atoms with van der Waals surface area (Å²) >= 11 is 0. The van der Waals surface area contributed by atoms with Gasteiger partial charge in [-0.15, -0.1) is 0 Å². The fourth-order valence-electron chi connectivity index (χ4n) is 2.71. The van der Waals surface area contributed by atoms with Gasteiger partial charge >= 0.3 is 0 Å². The molecule has 1 aliphatic heterocycles. The normalized spacial score (nSPS) is 17.3. The van der Waals surface area contributed by atoms with E-state index < -0.39 is 0 Å². The van der Waals surface area contributed by atoms with Crippen LogP contribution in [0.3, 0.4) is 0 Å². The highest BCUT2D eigenvalue weighted by Crippen LogP contribution is 2.27. The number of likely N-dealkylation sites (N-methyl/N-ethyl adjacent to an activating group) is 1. The number of imidazole rings is 1. The molecule has 0 bridgehead atoms. The quantitative estimate of drug-likeness (QED) is 0.875. The van der Waals surface area contributed by atoms with Crippen molar-refractivity contribution in [3.05, 3.63) is 36.5 Å². The highest BCUT2D eigenvalue weighted by atomic mass is 16.3. The van der Waals surface area contributed by atoms with Crippen LogP contribution in [0.2, 0.25) is 0 Å². The number of aryl methyl sites for hydroxylation is 1. The van der Waals surface area contributed by atoms with Crippen LogP contribution >= 0.6 is 0 Å². The lowest BCUT2D eigenvalue weighted by molar-refractivity contribution is 0.304. The summed E-state index contributed by atoms with van der Waals surface area (Å²) < 4.78 is 2.20. The topological polar surface area (TPSA) is 66.2 Å². The van der Waals surface area contributed by atoms with E-state index >= 15 is 0 Å².